The summed E-state index contributed by atoms with van der Waals surface area (Å²) in [5.74, 6) is -3.09. The largest absolute Gasteiger partial charge is 0.480 e. The van der Waals surface area contributed by atoms with Crippen LogP contribution < -0.4 is 27.4 Å². The van der Waals surface area contributed by atoms with Gasteiger partial charge in [0.25, 0.3) is 0 Å². The van der Waals surface area contributed by atoms with Gasteiger partial charge in [-0.3, -0.25) is 14.4 Å². The van der Waals surface area contributed by atoms with Crippen molar-refractivity contribution in [2.75, 3.05) is 19.6 Å². The van der Waals surface area contributed by atoms with E-state index in [1.54, 1.807) is 13.8 Å². The summed E-state index contributed by atoms with van der Waals surface area (Å²) in [5.41, 5.74) is 10.6. The first-order chi connectivity index (χ1) is 11.7. The zero-order valence-electron chi connectivity index (χ0n) is 14.7. The zero-order valence-corrected chi connectivity index (χ0v) is 14.7. The van der Waals surface area contributed by atoms with E-state index in [-0.39, 0.29) is 19.0 Å². The monoisotopic (exact) mass is 359 g/mol. The van der Waals surface area contributed by atoms with Crippen LogP contribution in [-0.4, -0.2) is 60.5 Å². The summed E-state index contributed by atoms with van der Waals surface area (Å²) in [6.07, 6.45) is 1.68. The van der Waals surface area contributed by atoms with Crippen molar-refractivity contribution in [2.45, 2.75) is 45.2 Å². The molecule has 0 radical (unpaired) electrons. The highest BCUT2D eigenvalue weighted by atomic mass is 16.4. The van der Waals surface area contributed by atoms with E-state index in [0.717, 1.165) is 0 Å². The first kappa shape index (κ1) is 22.8. The number of carboxylic acids is 1. The van der Waals surface area contributed by atoms with Crippen LogP contribution in [0.25, 0.3) is 0 Å². The average molecular weight is 359 g/mol. The molecule has 0 fully saturated rings. The Morgan fingerprint density at radius 3 is 2.12 bits per heavy atom. The maximum atomic E-state index is 12.2. The second-order valence-corrected chi connectivity index (χ2v) is 5.95. The maximum absolute atomic E-state index is 12.2. The predicted molar refractivity (Wildman–Crippen MR) is 91.3 cm³/mol. The van der Waals surface area contributed by atoms with Gasteiger partial charge in [-0.2, -0.15) is 0 Å². The number of carboxylic acid groups (broad SMARTS) is 1. The highest BCUT2D eigenvalue weighted by molar-refractivity contribution is 5.91. The number of carbonyl (C=O) groups is 4. The molecule has 10 heteroatoms. The number of nitrogens with one attached hydrogen (secondary N) is 3. The van der Waals surface area contributed by atoms with E-state index < -0.39 is 35.8 Å². The molecule has 0 aromatic rings. The molecule has 10 nitrogen and oxygen atoms in total. The molecule has 0 heterocycles. The van der Waals surface area contributed by atoms with Gasteiger partial charge >= 0.3 is 5.97 Å². The molecule has 0 spiro atoms. The van der Waals surface area contributed by atoms with Crippen molar-refractivity contribution in [1.29, 1.82) is 0 Å². The lowest BCUT2D eigenvalue weighted by molar-refractivity contribution is -0.143. The first-order valence-electron chi connectivity index (χ1n) is 8.22. The van der Waals surface area contributed by atoms with Crippen molar-refractivity contribution in [2.24, 2.45) is 17.4 Å². The topological polar surface area (TPSA) is 177 Å². The van der Waals surface area contributed by atoms with Crippen molar-refractivity contribution in [3.63, 3.8) is 0 Å². The fraction of sp³-hybridized carbons (Fsp3) is 0.733. The summed E-state index contributed by atoms with van der Waals surface area (Å²) in [7, 11) is 0. The van der Waals surface area contributed by atoms with E-state index in [9.17, 15) is 19.2 Å². The number of hydrogen-bond acceptors (Lipinski definition) is 6. The highest BCUT2D eigenvalue weighted by Gasteiger charge is 2.24. The van der Waals surface area contributed by atoms with Crippen LogP contribution in [0.2, 0.25) is 0 Å². The van der Waals surface area contributed by atoms with Crippen LogP contribution >= 0.6 is 0 Å². The predicted octanol–water partition coefficient (Wildman–Crippen LogP) is -2.10. The zero-order chi connectivity index (χ0) is 19.4. The highest BCUT2D eigenvalue weighted by Crippen LogP contribution is 2.02. The van der Waals surface area contributed by atoms with Crippen LogP contribution in [0.3, 0.4) is 0 Å². The molecule has 2 atom stereocenters. The number of rotatable bonds is 12. The quantitative estimate of drug-likeness (QED) is 0.216. The van der Waals surface area contributed by atoms with Crippen LogP contribution in [0.4, 0.5) is 0 Å². The Bertz CT molecular complexity index is 469. The first-order valence-corrected chi connectivity index (χ1v) is 8.22. The number of amides is 3. The molecule has 2 unspecified atom stereocenters. The number of nitrogens with two attached hydrogens (primary N) is 2. The number of unbranched alkanes of at least 4 members (excludes halogenated alkanes) is 1. The third-order valence-electron chi connectivity index (χ3n) is 3.46. The minimum Gasteiger partial charge on any atom is -0.480 e. The number of carbonyl (C=O) groups excluding carboxylic acids is 3. The fourth-order valence-electron chi connectivity index (χ4n) is 2.04. The van der Waals surface area contributed by atoms with E-state index in [2.05, 4.69) is 16.0 Å². The Balaban J connectivity index is 4.58. The molecule has 8 N–H and O–H groups in total. The summed E-state index contributed by atoms with van der Waals surface area (Å²) in [5, 5.41) is 16.2. The van der Waals surface area contributed by atoms with E-state index in [0.29, 0.717) is 25.8 Å². The van der Waals surface area contributed by atoms with E-state index in [4.69, 9.17) is 16.6 Å². The summed E-state index contributed by atoms with van der Waals surface area (Å²) in [4.78, 5) is 46.4. The second-order valence-electron chi connectivity index (χ2n) is 5.95. The van der Waals surface area contributed by atoms with Crippen molar-refractivity contribution >= 4 is 23.7 Å². The van der Waals surface area contributed by atoms with Gasteiger partial charge in [0, 0.05) is 0 Å². The van der Waals surface area contributed by atoms with Crippen LogP contribution in [0, 0.1) is 5.92 Å². The minimum atomic E-state index is -1.15. The Kier molecular flexibility index (Phi) is 11.1. The van der Waals surface area contributed by atoms with Gasteiger partial charge in [0.1, 0.15) is 12.1 Å². The van der Waals surface area contributed by atoms with Gasteiger partial charge in [-0.25, -0.2) is 4.79 Å². The van der Waals surface area contributed by atoms with Crippen LogP contribution in [-0.2, 0) is 19.2 Å². The van der Waals surface area contributed by atoms with Crippen LogP contribution in [0.1, 0.15) is 33.1 Å². The van der Waals surface area contributed by atoms with Crippen molar-refractivity contribution < 1.29 is 24.3 Å². The van der Waals surface area contributed by atoms with Gasteiger partial charge < -0.3 is 32.5 Å². The molecular weight excluding hydrogens is 330 g/mol. The molecule has 144 valence electrons. The smallest absolute Gasteiger partial charge is 0.326 e. The molecule has 0 aliphatic carbocycles. The molecule has 0 saturated heterocycles. The number of aliphatic carboxylic acids is 1. The van der Waals surface area contributed by atoms with Crippen LogP contribution in [0.15, 0.2) is 0 Å². The molecule has 0 bridgehead atoms. The van der Waals surface area contributed by atoms with E-state index >= 15 is 0 Å². The normalized spacial score (nSPS) is 13.0. The van der Waals surface area contributed by atoms with Crippen molar-refractivity contribution in [3.05, 3.63) is 0 Å². The SMILES string of the molecule is CC(C)C(NC(=O)CNC(=O)C(CCCCN)NC(=O)CN)C(=O)O. The molecule has 0 saturated carbocycles. The minimum absolute atomic E-state index is 0.254. The fourth-order valence-corrected chi connectivity index (χ4v) is 2.04. The van der Waals surface area contributed by atoms with Gasteiger partial charge in [-0.05, 0) is 31.7 Å². The second kappa shape index (κ2) is 12.2. The van der Waals surface area contributed by atoms with Gasteiger partial charge in [-0.15, -0.1) is 0 Å². The van der Waals surface area contributed by atoms with Gasteiger partial charge in [0.15, 0.2) is 0 Å². The molecule has 3 amide bonds. The third kappa shape index (κ3) is 9.62. The van der Waals surface area contributed by atoms with Gasteiger partial charge in [0.05, 0.1) is 13.1 Å². The third-order valence-corrected chi connectivity index (χ3v) is 3.46. The maximum Gasteiger partial charge on any atom is 0.326 e. The lowest BCUT2D eigenvalue weighted by Gasteiger charge is -2.20. The molecule has 0 aromatic carbocycles. The van der Waals surface area contributed by atoms with E-state index in [1.807, 2.05) is 0 Å². The Morgan fingerprint density at radius 1 is 1.00 bits per heavy atom. The number of hydrogen-bond donors (Lipinski definition) is 6. The molecule has 0 rings (SSSR count). The summed E-state index contributed by atoms with van der Waals surface area (Å²) in [6, 6.07) is -1.86. The Hall–Kier alpha value is -2.20. The molecule has 0 aliphatic heterocycles. The van der Waals surface area contributed by atoms with Crippen molar-refractivity contribution in [3.8, 4) is 0 Å². The standard InChI is InChI=1S/C15H29N5O5/c1-9(2)13(15(24)25)20-12(22)8-18-14(23)10(5-3-4-6-16)19-11(21)7-17/h9-10,13H,3-8,16-17H2,1-2H3,(H,18,23)(H,19,21)(H,20,22)(H,24,25). The molecule has 0 aliphatic rings. The van der Waals surface area contributed by atoms with Gasteiger partial charge in [0.2, 0.25) is 17.7 Å². The summed E-state index contributed by atoms with van der Waals surface area (Å²) >= 11 is 0. The van der Waals surface area contributed by atoms with Crippen molar-refractivity contribution in [1.82, 2.24) is 16.0 Å². The lowest BCUT2D eigenvalue weighted by Crippen LogP contribution is -2.52. The van der Waals surface area contributed by atoms with E-state index in [1.165, 1.54) is 0 Å². The molecule has 0 aromatic heterocycles. The molecule has 25 heavy (non-hydrogen) atoms. The Labute approximate surface area is 147 Å². The van der Waals surface area contributed by atoms with Gasteiger partial charge in [-0.1, -0.05) is 13.8 Å². The lowest BCUT2D eigenvalue weighted by atomic mass is 10.0. The Morgan fingerprint density at radius 2 is 1.64 bits per heavy atom. The summed E-state index contributed by atoms with van der Waals surface area (Å²) < 4.78 is 0. The summed E-state index contributed by atoms with van der Waals surface area (Å²) in [6.45, 7) is 3.14. The van der Waals surface area contributed by atoms with Crippen LogP contribution in [0.5, 0.6) is 0 Å². The molecular formula is C15H29N5O5. The average Bonchev–Trinajstić information content (AvgIpc) is 2.55.